The van der Waals surface area contributed by atoms with Crippen molar-refractivity contribution in [1.29, 1.82) is 0 Å². The van der Waals surface area contributed by atoms with Crippen LogP contribution in [0.15, 0.2) is 85.1 Å². The minimum atomic E-state index is -0.472. The quantitative estimate of drug-likeness (QED) is 0.403. The topological polar surface area (TPSA) is 94.3 Å². The van der Waals surface area contributed by atoms with Gasteiger partial charge in [0.15, 0.2) is 0 Å². The van der Waals surface area contributed by atoms with E-state index in [0.29, 0.717) is 27.7 Å². The number of ether oxygens (including phenoxy) is 1. The van der Waals surface area contributed by atoms with Crippen LogP contribution in [-0.2, 0) is 0 Å². The molecular formula is C26H20ClN3O3. The lowest BCUT2D eigenvalue weighted by atomic mass is 9.98. The minimum absolute atomic E-state index is 0.278. The number of carbonyl (C=O) groups is 2. The average Bonchev–Trinajstić information content (AvgIpc) is 2.85. The first kappa shape index (κ1) is 22.0. The summed E-state index contributed by atoms with van der Waals surface area (Å²) >= 11 is 6.43. The Kier molecular flexibility index (Phi) is 6.38. The lowest BCUT2D eigenvalue weighted by molar-refractivity contribution is 0.0997. The average molecular weight is 458 g/mol. The van der Waals surface area contributed by atoms with Crippen LogP contribution < -0.4 is 15.8 Å². The van der Waals surface area contributed by atoms with Crippen molar-refractivity contribution >= 4 is 29.1 Å². The number of carbonyl (C=O) groups excluding carboxylic acids is 2. The largest absolute Gasteiger partial charge is 0.481 e. The first-order chi connectivity index (χ1) is 15.9. The summed E-state index contributed by atoms with van der Waals surface area (Å²) in [7, 11) is 1.53. The van der Waals surface area contributed by atoms with Gasteiger partial charge in [0.2, 0.25) is 11.8 Å². The van der Waals surface area contributed by atoms with Gasteiger partial charge in [-0.2, -0.15) is 0 Å². The second-order valence-corrected chi connectivity index (χ2v) is 7.67. The van der Waals surface area contributed by atoms with E-state index >= 15 is 0 Å². The number of amides is 2. The molecule has 0 aliphatic carbocycles. The van der Waals surface area contributed by atoms with Crippen LogP contribution >= 0.6 is 11.6 Å². The summed E-state index contributed by atoms with van der Waals surface area (Å²) in [6.07, 6.45) is 1.53. The van der Waals surface area contributed by atoms with E-state index in [-0.39, 0.29) is 5.91 Å². The molecule has 7 heteroatoms. The van der Waals surface area contributed by atoms with Crippen LogP contribution in [0.4, 0.5) is 5.69 Å². The van der Waals surface area contributed by atoms with Crippen LogP contribution in [0.1, 0.15) is 20.7 Å². The lowest BCUT2D eigenvalue weighted by Gasteiger charge is -2.10. The number of hydrogen-bond donors (Lipinski definition) is 2. The van der Waals surface area contributed by atoms with Crippen molar-refractivity contribution in [1.82, 2.24) is 4.98 Å². The number of anilines is 1. The molecule has 0 aliphatic rings. The summed E-state index contributed by atoms with van der Waals surface area (Å²) in [5, 5.41) is 3.34. The van der Waals surface area contributed by atoms with E-state index in [9.17, 15) is 9.59 Å². The Balaban J connectivity index is 1.57. The standard InChI is InChI=1S/C26H20ClN3O3/c1-33-24-12-10-21(15-29-24)30-26(32)20-9-11-23(27)22(14-20)17-7-5-16(6-8-17)18-3-2-4-19(13-18)25(28)31/h2-15H,1H3,(H2,28,31)(H,30,32). The minimum Gasteiger partial charge on any atom is -0.481 e. The van der Waals surface area contributed by atoms with E-state index in [1.807, 2.05) is 30.3 Å². The molecular weight excluding hydrogens is 438 g/mol. The Labute approximate surface area is 196 Å². The van der Waals surface area contributed by atoms with Crippen LogP contribution in [0, 0.1) is 0 Å². The molecule has 33 heavy (non-hydrogen) atoms. The molecule has 0 aliphatic heterocycles. The van der Waals surface area contributed by atoms with Gasteiger partial charge in [0.25, 0.3) is 5.91 Å². The van der Waals surface area contributed by atoms with Crippen molar-refractivity contribution in [3.05, 3.63) is 101 Å². The zero-order valence-corrected chi connectivity index (χ0v) is 18.5. The van der Waals surface area contributed by atoms with E-state index < -0.39 is 5.91 Å². The van der Waals surface area contributed by atoms with Crippen LogP contribution in [0.5, 0.6) is 5.88 Å². The Bertz CT molecular complexity index is 1320. The fourth-order valence-corrected chi connectivity index (χ4v) is 3.59. The summed E-state index contributed by atoms with van der Waals surface area (Å²) < 4.78 is 5.03. The molecule has 4 rings (SSSR count). The van der Waals surface area contributed by atoms with Gasteiger partial charge >= 0.3 is 0 Å². The number of aromatic nitrogens is 1. The highest BCUT2D eigenvalue weighted by molar-refractivity contribution is 6.33. The van der Waals surface area contributed by atoms with Gasteiger partial charge in [0.05, 0.1) is 19.0 Å². The second-order valence-electron chi connectivity index (χ2n) is 7.26. The number of primary amides is 1. The molecule has 6 nitrogen and oxygen atoms in total. The summed E-state index contributed by atoms with van der Waals surface area (Å²) in [6.45, 7) is 0. The number of nitrogens with one attached hydrogen (secondary N) is 1. The van der Waals surface area contributed by atoms with E-state index in [1.165, 1.54) is 13.3 Å². The van der Waals surface area contributed by atoms with Crippen LogP contribution in [-0.4, -0.2) is 23.9 Å². The predicted molar refractivity (Wildman–Crippen MR) is 130 cm³/mol. The molecule has 4 aromatic rings. The molecule has 3 N–H and O–H groups in total. The van der Waals surface area contributed by atoms with E-state index in [4.69, 9.17) is 22.1 Å². The summed E-state index contributed by atoms with van der Waals surface area (Å²) in [6, 6.07) is 23.3. The first-order valence-corrected chi connectivity index (χ1v) is 10.4. The van der Waals surface area contributed by atoms with Gasteiger partial charge < -0.3 is 15.8 Å². The third-order valence-electron chi connectivity index (χ3n) is 5.11. The van der Waals surface area contributed by atoms with Gasteiger partial charge in [0.1, 0.15) is 0 Å². The maximum atomic E-state index is 12.7. The normalized spacial score (nSPS) is 10.5. The summed E-state index contributed by atoms with van der Waals surface area (Å²) in [4.78, 5) is 28.3. The number of nitrogens with two attached hydrogens (primary N) is 1. The lowest BCUT2D eigenvalue weighted by Crippen LogP contribution is -2.12. The molecule has 0 saturated carbocycles. The fourth-order valence-electron chi connectivity index (χ4n) is 3.36. The number of halogens is 1. The van der Waals surface area contributed by atoms with Gasteiger partial charge in [-0.05, 0) is 53.1 Å². The number of benzene rings is 3. The van der Waals surface area contributed by atoms with E-state index in [0.717, 1.165) is 22.3 Å². The molecule has 0 unspecified atom stereocenters. The maximum absolute atomic E-state index is 12.7. The van der Waals surface area contributed by atoms with Crippen LogP contribution in [0.25, 0.3) is 22.3 Å². The van der Waals surface area contributed by atoms with E-state index in [2.05, 4.69) is 10.3 Å². The molecule has 3 aromatic carbocycles. The van der Waals surface area contributed by atoms with Crippen molar-refractivity contribution in [2.75, 3.05) is 12.4 Å². The molecule has 1 aromatic heterocycles. The second kappa shape index (κ2) is 9.54. The zero-order valence-electron chi connectivity index (χ0n) is 17.7. The highest BCUT2D eigenvalue weighted by Crippen LogP contribution is 2.31. The molecule has 0 saturated heterocycles. The van der Waals surface area contributed by atoms with Gasteiger partial charge in [0, 0.05) is 27.8 Å². The van der Waals surface area contributed by atoms with Gasteiger partial charge in [-0.1, -0.05) is 48.0 Å². The first-order valence-electron chi connectivity index (χ1n) is 10.1. The fraction of sp³-hybridized carbons (Fsp3) is 0.0385. The third-order valence-corrected chi connectivity index (χ3v) is 5.44. The highest BCUT2D eigenvalue weighted by atomic mass is 35.5. The molecule has 0 fully saturated rings. The molecule has 164 valence electrons. The number of pyridine rings is 1. The van der Waals surface area contributed by atoms with Gasteiger partial charge in [-0.15, -0.1) is 0 Å². The Morgan fingerprint density at radius 3 is 2.30 bits per heavy atom. The van der Waals surface area contributed by atoms with Gasteiger partial charge in [-0.25, -0.2) is 4.98 Å². The van der Waals surface area contributed by atoms with Crippen LogP contribution in [0.2, 0.25) is 5.02 Å². The molecule has 0 atom stereocenters. The van der Waals surface area contributed by atoms with Crippen molar-refractivity contribution in [3.63, 3.8) is 0 Å². The van der Waals surface area contributed by atoms with E-state index in [1.54, 1.807) is 48.5 Å². The summed E-state index contributed by atoms with van der Waals surface area (Å²) in [5.41, 5.74) is 10.2. The van der Waals surface area contributed by atoms with Crippen LogP contribution in [0.3, 0.4) is 0 Å². The monoisotopic (exact) mass is 457 g/mol. The third kappa shape index (κ3) is 5.02. The number of hydrogen-bond acceptors (Lipinski definition) is 4. The molecule has 0 spiro atoms. The SMILES string of the molecule is COc1ccc(NC(=O)c2ccc(Cl)c(-c3ccc(-c4cccc(C(N)=O)c4)cc3)c2)cn1. The van der Waals surface area contributed by atoms with Crippen molar-refractivity contribution in [2.45, 2.75) is 0 Å². The highest BCUT2D eigenvalue weighted by Gasteiger charge is 2.12. The van der Waals surface area contributed by atoms with Gasteiger partial charge in [-0.3, -0.25) is 9.59 Å². The van der Waals surface area contributed by atoms with Crippen molar-refractivity contribution < 1.29 is 14.3 Å². The maximum Gasteiger partial charge on any atom is 0.255 e. The molecule has 1 heterocycles. The Hall–Kier alpha value is -4.16. The number of rotatable bonds is 6. The van der Waals surface area contributed by atoms with Crippen molar-refractivity contribution in [3.8, 4) is 28.1 Å². The number of methoxy groups -OCH3 is 1. The molecule has 0 bridgehead atoms. The zero-order chi connectivity index (χ0) is 23.4. The predicted octanol–water partition coefficient (Wildman–Crippen LogP) is 5.43. The molecule has 0 radical (unpaired) electrons. The van der Waals surface area contributed by atoms with Crippen molar-refractivity contribution in [2.24, 2.45) is 5.73 Å². The smallest absolute Gasteiger partial charge is 0.255 e. The summed E-state index contributed by atoms with van der Waals surface area (Å²) in [5.74, 6) is -0.285. The molecule has 2 amide bonds. The Morgan fingerprint density at radius 2 is 1.64 bits per heavy atom. The number of nitrogens with zero attached hydrogens (tertiary/aromatic N) is 1. The Morgan fingerprint density at radius 1 is 0.879 bits per heavy atom.